The Morgan fingerprint density at radius 1 is 0.616 bits per heavy atom. The molecule has 12 atom stereocenters. The van der Waals surface area contributed by atoms with Crippen molar-refractivity contribution >= 4 is 77.0 Å². The van der Waals surface area contributed by atoms with Crippen LogP contribution in [0.4, 0.5) is 0 Å². The number of unbranched alkanes of at least 4 members (excludes halogenated alkanes) is 1. The second kappa shape index (κ2) is 34.2. The monoisotopic (exact) mass is 1220 g/mol. The third kappa shape index (κ3) is 21.7. The molecule has 4 rings (SSSR count). The summed E-state index contributed by atoms with van der Waals surface area (Å²) < 4.78 is 0. The number of aliphatic hydroxyl groups is 2. The summed E-state index contributed by atoms with van der Waals surface area (Å²) >= 11 is 0. The molecule has 2 aromatic rings. The summed E-state index contributed by atoms with van der Waals surface area (Å²) in [5.74, 6) is -12.8. The molecule has 0 saturated carbocycles. The number of likely N-dealkylation sites (tertiary alicyclic amines) is 2. The van der Waals surface area contributed by atoms with Gasteiger partial charge in [0, 0.05) is 62.7 Å². The lowest BCUT2D eigenvalue weighted by Crippen LogP contribution is -2.62. The van der Waals surface area contributed by atoms with E-state index in [2.05, 4.69) is 62.1 Å². The summed E-state index contributed by atoms with van der Waals surface area (Å²) in [6, 6.07) is -15.1. The second-order valence-corrected chi connectivity index (χ2v) is 21.0. The molecule has 2 aliphatic heterocycles. The minimum atomic E-state index is -1.88. The highest BCUT2D eigenvalue weighted by Gasteiger charge is 2.43. The van der Waals surface area contributed by atoms with Crippen molar-refractivity contribution in [2.75, 3.05) is 26.2 Å². The Morgan fingerprint density at radius 2 is 1.08 bits per heavy atom. The van der Waals surface area contributed by atoms with Gasteiger partial charge in [-0.15, -0.1) is 0 Å². The fourth-order valence-corrected chi connectivity index (χ4v) is 9.57. The average molecular weight is 1220 g/mol. The summed E-state index contributed by atoms with van der Waals surface area (Å²) in [5, 5.41) is 57.0. The van der Waals surface area contributed by atoms with Crippen molar-refractivity contribution in [3.63, 3.8) is 0 Å². The van der Waals surface area contributed by atoms with E-state index in [0.717, 1.165) is 11.8 Å². The normalized spacial score (nSPS) is 18.2. The number of hydrogen-bond acceptors (Lipinski definition) is 19. The van der Waals surface area contributed by atoms with Crippen molar-refractivity contribution in [2.24, 2.45) is 33.7 Å². The molecule has 0 spiro atoms. The van der Waals surface area contributed by atoms with Gasteiger partial charge in [0.1, 0.15) is 60.4 Å². The number of guanidine groups is 1. The van der Waals surface area contributed by atoms with E-state index in [1.165, 1.54) is 36.9 Å². The summed E-state index contributed by atoms with van der Waals surface area (Å²) in [6.07, 6.45) is 1.18. The van der Waals surface area contributed by atoms with Gasteiger partial charge in [-0.25, -0.2) is 14.8 Å². The van der Waals surface area contributed by atoms with Crippen molar-refractivity contribution in [3.05, 3.63) is 36.4 Å². The summed E-state index contributed by atoms with van der Waals surface area (Å²) in [5.41, 5.74) is 28.9. The second-order valence-electron chi connectivity index (χ2n) is 21.0. The zero-order valence-electron chi connectivity index (χ0n) is 47.8. The van der Waals surface area contributed by atoms with E-state index in [-0.39, 0.29) is 95.6 Å². The summed E-state index contributed by atoms with van der Waals surface area (Å²) in [6.45, 7) is 2.65. The van der Waals surface area contributed by atoms with E-state index in [1.807, 2.05) is 0 Å². The molecule has 2 aliphatic rings. The van der Waals surface area contributed by atoms with Crippen LogP contribution in [0.3, 0.4) is 0 Å². The molecule has 0 aromatic carbocycles. The number of imidazole rings is 2. The first-order valence-corrected chi connectivity index (χ1v) is 28.0. The van der Waals surface area contributed by atoms with Crippen LogP contribution in [0.15, 0.2) is 30.0 Å². The van der Waals surface area contributed by atoms with Crippen LogP contribution in [0.1, 0.15) is 102 Å². The van der Waals surface area contributed by atoms with Crippen LogP contribution in [0.25, 0.3) is 0 Å². The van der Waals surface area contributed by atoms with Crippen molar-refractivity contribution in [1.29, 1.82) is 0 Å². The van der Waals surface area contributed by atoms with Crippen LogP contribution >= 0.6 is 0 Å². The maximum Gasteiger partial charge on any atom is 0.326 e. The predicted molar refractivity (Wildman–Crippen MR) is 300 cm³/mol. The van der Waals surface area contributed by atoms with Crippen LogP contribution in [-0.2, 0) is 70.4 Å². The van der Waals surface area contributed by atoms with E-state index in [9.17, 15) is 72.9 Å². The van der Waals surface area contributed by atoms with Crippen LogP contribution < -0.4 is 65.9 Å². The zero-order chi connectivity index (χ0) is 63.8. The molecule has 4 heterocycles. The molecule has 86 heavy (non-hydrogen) atoms. The largest absolute Gasteiger partial charge is 0.481 e. The fourth-order valence-electron chi connectivity index (χ4n) is 9.57. The SMILES string of the molecule is C[C@@H](O)[C@H](N)C(=O)N1CCC[C@H]1C(=O)N[C@@H](Cc1cnc[nH]1)C(=O)N[C@@H](CCCCN)C(=O)N[C@@H](Cc1cnc[nH]1)C(=O)N[C@@H](CC(N)=O)C(=O)N[C@@H](CCCN=C(N)N)C(=O)N[C@H](C(=O)N1CCC[C@H]1C(=O)N[C@@H](CCC(=O)O)C(=O)O)[C@@H](C)O. The van der Waals surface area contributed by atoms with Crippen molar-refractivity contribution in [3.8, 4) is 0 Å². The topological polar surface area (TPSA) is 576 Å². The number of aliphatic hydroxyl groups excluding tert-OH is 2. The number of aromatic amines is 2. The lowest BCUT2D eigenvalue weighted by molar-refractivity contribution is -0.146. The number of H-pyrrole nitrogens is 2. The Morgan fingerprint density at radius 3 is 1.55 bits per heavy atom. The molecular formula is C51H81N19O16. The van der Waals surface area contributed by atoms with E-state index in [1.54, 1.807) is 0 Å². The van der Waals surface area contributed by atoms with Crippen molar-refractivity contribution in [2.45, 2.75) is 176 Å². The molecular weight excluding hydrogens is 1130 g/mol. The van der Waals surface area contributed by atoms with E-state index >= 15 is 0 Å². The molecule has 23 N–H and O–H groups in total. The Balaban J connectivity index is 1.59. The van der Waals surface area contributed by atoms with Crippen LogP contribution in [-0.4, -0.2) is 226 Å². The molecule has 2 saturated heterocycles. The number of carbonyl (C=O) groups is 12. The quantitative estimate of drug-likeness (QED) is 0.0171. The highest BCUT2D eigenvalue weighted by atomic mass is 16.4. The highest BCUT2D eigenvalue weighted by molar-refractivity contribution is 6.00. The van der Waals surface area contributed by atoms with Gasteiger partial charge in [-0.2, -0.15) is 0 Å². The molecule has 35 nitrogen and oxygen atoms in total. The van der Waals surface area contributed by atoms with Gasteiger partial charge in [-0.1, -0.05) is 0 Å². The highest BCUT2D eigenvalue weighted by Crippen LogP contribution is 2.22. The number of nitrogens with one attached hydrogen (secondary N) is 9. The Labute approximate surface area is 493 Å². The van der Waals surface area contributed by atoms with Gasteiger partial charge in [0.15, 0.2) is 5.96 Å². The smallest absolute Gasteiger partial charge is 0.326 e. The first kappa shape index (κ1) is 69.7. The molecule has 476 valence electrons. The number of carboxylic acid groups (broad SMARTS) is 2. The molecule has 0 bridgehead atoms. The lowest BCUT2D eigenvalue weighted by Gasteiger charge is -2.31. The van der Waals surface area contributed by atoms with Crippen LogP contribution in [0.5, 0.6) is 0 Å². The van der Waals surface area contributed by atoms with Crippen LogP contribution in [0, 0.1) is 0 Å². The molecule has 0 unspecified atom stereocenters. The maximum atomic E-state index is 14.5. The number of nitrogens with zero attached hydrogens (tertiary/aromatic N) is 5. The van der Waals surface area contributed by atoms with E-state index in [0.29, 0.717) is 18.5 Å². The number of carboxylic acids is 2. The van der Waals surface area contributed by atoms with Gasteiger partial charge < -0.3 is 106 Å². The zero-order valence-corrected chi connectivity index (χ0v) is 47.8. The van der Waals surface area contributed by atoms with Crippen molar-refractivity contribution < 1.29 is 78.0 Å². The van der Waals surface area contributed by atoms with Gasteiger partial charge in [0.25, 0.3) is 0 Å². The number of hydrogen-bond donors (Lipinski definition) is 18. The Bertz CT molecular complexity index is 2690. The minimum absolute atomic E-state index is 0.0188. The van der Waals surface area contributed by atoms with E-state index in [4.69, 9.17) is 33.8 Å². The molecule has 2 fully saturated rings. The average Bonchev–Trinajstić information content (AvgIpc) is 2.76. The van der Waals surface area contributed by atoms with E-state index < -0.39 is 163 Å². The molecule has 35 heteroatoms. The number of nitrogens with two attached hydrogens (primary N) is 5. The minimum Gasteiger partial charge on any atom is -0.481 e. The predicted octanol–water partition coefficient (Wildman–Crippen LogP) is -7.61. The Kier molecular flexibility index (Phi) is 27.7. The van der Waals surface area contributed by atoms with Crippen LogP contribution in [0.2, 0.25) is 0 Å². The first-order chi connectivity index (χ1) is 40.7. The third-order valence-corrected chi connectivity index (χ3v) is 14.2. The number of amides is 10. The molecule has 2 aromatic heterocycles. The standard InChI is InChI=1S/C51H81N19O16/c1-25(71)39(54)48(83)69-16-6-10-35(69)47(82)67-33(19-28-22-58-24-61-28)43(78)62-29(8-3-4-14-52)41(76)65-32(18-27-21-57-23-60-27)44(79)66-34(20-37(53)73)45(80)63-30(9-5-15-59-51(55)56)42(77)68-40(26(2)72)49(84)70-17-7-11-36(70)46(81)64-31(50(85)86)12-13-38(74)75/h21-26,29-36,39-40,71-72H,3-20,52,54H2,1-2H3,(H2,53,73)(H,57,60)(H,58,61)(H,62,78)(H,63,80)(H,64,81)(H,65,76)(H,66,79)(H,67,82)(H,68,77)(H,74,75)(H,85,86)(H4,55,56,59)/t25-,26-,29+,30+,31+,32+,33+,34+,35+,36+,39+,40+/m1/s1. The van der Waals surface area contributed by atoms with Gasteiger partial charge >= 0.3 is 11.9 Å². The summed E-state index contributed by atoms with van der Waals surface area (Å²) in [7, 11) is 0. The molecule has 10 amide bonds. The number of primary amides is 1. The molecule has 0 aliphatic carbocycles. The molecule has 0 radical (unpaired) electrons. The third-order valence-electron chi connectivity index (χ3n) is 14.2. The number of aliphatic imine (C=N–C) groups is 1. The van der Waals surface area contributed by atoms with Gasteiger partial charge in [-0.3, -0.25) is 57.7 Å². The summed E-state index contributed by atoms with van der Waals surface area (Å²) in [4.78, 5) is 182. The lowest BCUT2D eigenvalue weighted by atomic mass is 10.0. The Hall–Kier alpha value is -8.83. The first-order valence-electron chi connectivity index (χ1n) is 28.0. The van der Waals surface area contributed by atoms with Gasteiger partial charge in [-0.05, 0) is 84.6 Å². The number of aliphatic carboxylic acids is 2. The maximum absolute atomic E-state index is 14.5. The van der Waals surface area contributed by atoms with Gasteiger partial charge in [0.05, 0.1) is 31.3 Å². The number of aromatic nitrogens is 4. The number of rotatable bonds is 36. The fraction of sp³-hybridized carbons (Fsp3) is 0.627. The van der Waals surface area contributed by atoms with Crippen molar-refractivity contribution in [1.82, 2.24) is 67.0 Å². The number of carbonyl (C=O) groups excluding carboxylic acids is 10. The van der Waals surface area contributed by atoms with Gasteiger partial charge in [0.2, 0.25) is 59.1 Å².